The van der Waals surface area contributed by atoms with Gasteiger partial charge in [-0.05, 0) is 17.0 Å². The van der Waals surface area contributed by atoms with Gasteiger partial charge < -0.3 is 4.74 Å². The van der Waals surface area contributed by atoms with Crippen LogP contribution in [0.3, 0.4) is 0 Å². The third-order valence-electron chi connectivity index (χ3n) is 2.67. The molecule has 3 nitrogen and oxygen atoms in total. The minimum atomic E-state index is 0.228. The zero-order chi connectivity index (χ0) is 14.4. The summed E-state index contributed by atoms with van der Waals surface area (Å²) in [5.41, 5.74) is 1.07. The van der Waals surface area contributed by atoms with Crippen molar-refractivity contribution in [3.63, 3.8) is 0 Å². The number of fused-ring (bicyclic) bond motifs is 1. The fourth-order valence-electron chi connectivity index (χ4n) is 1.83. The summed E-state index contributed by atoms with van der Waals surface area (Å²) in [5.74, 6) is 0.228. The molecule has 0 aliphatic heterocycles. The second-order valence-corrected chi connectivity index (χ2v) is 4.66. The molecule has 0 amide bonds. The van der Waals surface area contributed by atoms with Crippen molar-refractivity contribution in [1.29, 1.82) is 0 Å². The van der Waals surface area contributed by atoms with E-state index in [1.165, 1.54) is 0 Å². The van der Waals surface area contributed by atoms with Gasteiger partial charge in [-0.25, -0.2) is 9.97 Å². The van der Waals surface area contributed by atoms with Crippen LogP contribution in [0, 0.1) is 0 Å². The van der Waals surface area contributed by atoms with Crippen molar-refractivity contribution in [3.8, 4) is 0 Å². The molecule has 0 aliphatic rings. The number of hydrogen-bond donors (Lipinski definition) is 0. The first kappa shape index (κ1) is 16.2. The fourth-order valence-corrected chi connectivity index (χ4v) is 2.19. The lowest BCUT2D eigenvalue weighted by Gasteiger charge is -2.13. The molecule has 2 rings (SSSR count). The van der Waals surface area contributed by atoms with Crippen molar-refractivity contribution in [2.24, 2.45) is 0 Å². The van der Waals surface area contributed by atoms with Crippen LogP contribution >= 0.6 is 23.2 Å². The Labute approximate surface area is 123 Å². The molecule has 0 saturated carbocycles. The largest absolute Gasteiger partial charge is 0.384 e. The van der Waals surface area contributed by atoms with Gasteiger partial charge in [0.15, 0.2) is 0 Å². The van der Waals surface area contributed by atoms with Gasteiger partial charge in [0.1, 0.15) is 10.3 Å². The number of ether oxygens (including phenoxy) is 1. The average Bonchev–Trinajstić information content (AvgIpc) is 2.41. The zero-order valence-corrected chi connectivity index (χ0v) is 13.1. The summed E-state index contributed by atoms with van der Waals surface area (Å²) in [6, 6.07) is 1.81. The number of halogens is 2. The molecule has 2 aromatic heterocycles. The molecule has 0 fully saturated rings. The summed E-state index contributed by atoms with van der Waals surface area (Å²) in [5, 5.41) is 2.69. The van der Waals surface area contributed by atoms with E-state index in [2.05, 4.69) is 16.9 Å². The van der Waals surface area contributed by atoms with Gasteiger partial charge in [-0.3, -0.25) is 0 Å². The Balaban J connectivity index is 0.000000861. The highest BCUT2D eigenvalue weighted by Crippen LogP contribution is 2.30. The highest BCUT2D eigenvalue weighted by Gasteiger charge is 2.13. The molecular weight excluding hydrogens is 283 g/mol. The summed E-state index contributed by atoms with van der Waals surface area (Å²) in [6.07, 6.45) is 3.42. The van der Waals surface area contributed by atoms with Gasteiger partial charge in [0, 0.05) is 30.8 Å². The monoisotopic (exact) mass is 300 g/mol. The van der Waals surface area contributed by atoms with E-state index in [4.69, 9.17) is 27.9 Å². The fraction of sp³-hybridized carbons (Fsp3) is 0.429. The lowest BCUT2D eigenvalue weighted by atomic mass is 9.99. The molecule has 0 N–H and O–H groups in total. The molecule has 5 heteroatoms. The molecule has 1 unspecified atom stereocenters. The minimum Gasteiger partial charge on any atom is -0.384 e. The lowest BCUT2D eigenvalue weighted by Crippen LogP contribution is -2.03. The van der Waals surface area contributed by atoms with Gasteiger partial charge in [-0.1, -0.05) is 44.0 Å². The van der Waals surface area contributed by atoms with E-state index < -0.39 is 0 Å². The molecule has 19 heavy (non-hydrogen) atoms. The Bertz CT molecular complexity index is 546. The quantitative estimate of drug-likeness (QED) is 0.770. The Morgan fingerprint density at radius 1 is 1.16 bits per heavy atom. The van der Waals surface area contributed by atoms with Crippen LogP contribution in [0.1, 0.15) is 32.3 Å². The molecule has 0 radical (unpaired) electrons. The highest BCUT2D eigenvalue weighted by molar-refractivity contribution is 6.35. The number of pyridine rings is 2. The standard InChI is InChI=1S/C12H12Cl2N2O.C2H6/c1-7(6-17-2)9-4-16-12(14)10-5-15-11(13)3-8(9)10;1-2/h3-5,7H,6H2,1-2H3;1-2H3. The van der Waals surface area contributed by atoms with Crippen LogP contribution in [0.4, 0.5) is 0 Å². The maximum atomic E-state index is 6.04. The molecule has 0 aromatic carbocycles. The molecule has 0 bridgehead atoms. The third kappa shape index (κ3) is 3.78. The van der Waals surface area contributed by atoms with Crippen molar-refractivity contribution in [2.45, 2.75) is 26.7 Å². The molecule has 2 heterocycles. The Morgan fingerprint density at radius 2 is 1.84 bits per heavy atom. The molecule has 1 atom stereocenters. The van der Waals surface area contributed by atoms with E-state index in [0.717, 1.165) is 16.3 Å². The van der Waals surface area contributed by atoms with Crippen molar-refractivity contribution < 1.29 is 4.74 Å². The Morgan fingerprint density at radius 3 is 2.47 bits per heavy atom. The second kappa shape index (κ2) is 7.63. The van der Waals surface area contributed by atoms with E-state index in [0.29, 0.717) is 16.9 Å². The van der Waals surface area contributed by atoms with E-state index in [-0.39, 0.29) is 5.92 Å². The van der Waals surface area contributed by atoms with Gasteiger partial charge in [-0.15, -0.1) is 0 Å². The Hall–Kier alpha value is -0.900. The van der Waals surface area contributed by atoms with Crippen molar-refractivity contribution in [2.75, 3.05) is 13.7 Å². The van der Waals surface area contributed by atoms with Crippen molar-refractivity contribution in [3.05, 3.63) is 34.3 Å². The number of aromatic nitrogens is 2. The lowest BCUT2D eigenvalue weighted by molar-refractivity contribution is 0.184. The predicted molar refractivity (Wildman–Crippen MR) is 81.2 cm³/mol. The highest BCUT2D eigenvalue weighted by atomic mass is 35.5. The smallest absolute Gasteiger partial charge is 0.138 e. The number of methoxy groups -OCH3 is 1. The van der Waals surface area contributed by atoms with E-state index in [1.54, 1.807) is 19.5 Å². The first-order chi connectivity index (χ1) is 9.13. The van der Waals surface area contributed by atoms with Crippen LogP contribution in [0.15, 0.2) is 18.5 Å². The summed E-state index contributed by atoms with van der Waals surface area (Å²) in [6.45, 7) is 6.69. The second-order valence-electron chi connectivity index (χ2n) is 3.91. The van der Waals surface area contributed by atoms with Gasteiger partial charge in [0.2, 0.25) is 0 Å². The molecule has 0 aliphatic carbocycles. The first-order valence-electron chi connectivity index (χ1n) is 6.22. The summed E-state index contributed by atoms with van der Waals surface area (Å²) >= 11 is 12.0. The summed E-state index contributed by atoms with van der Waals surface area (Å²) in [7, 11) is 1.68. The van der Waals surface area contributed by atoms with Gasteiger partial charge in [0.05, 0.1) is 6.61 Å². The SMILES string of the molecule is CC.COCC(C)c1cnc(Cl)c2cnc(Cl)cc12. The van der Waals surface area contributed by atoms with Crippen LogP contribution in [0.2, 0.25) is 10.3 Å². The number of nitrogens with zero attached hydrogens (tertiary/aromatic N) is 2. The van der Waals surface area contributed by atoms with E-state index in [9.17, 15) is 0 Å². The number of rotatable bonds is 3. The molecule has 0 spiro atoms. The van der Waals surface area contributed by atoms with Crippen LogP contribution in [-0.4, -0.2) is 23.7 Å². The third-order valence-corrected chi connectivity index (χ3v) is 3.18. The van der Waals surface area contributed by atoms with Gasteiger partial charge in [-0.2, -0.15) is 0 Å². The maximum absolute atomic E-state index is 6.04. The summed E-state index contributed by atoms with van der Waals surface area (Å²) in [4.78, 5) is 8.19. The first-order valence-corrected chi connectivity index (χ1v) is 6.97. The van der Waals surface area contributed by atoms with Crippen molar-refractivity contribution in [1.82, 2.24) is 9.97 Å². The molecule has 2 aromatic rings. The summed E-state index contributed by atoms with van der Waals surface area (Å²) < 4.78 is 5.16. The predicted octanol–water partition coefficient (Wildman–Crippen LogP) is 4.71. The normalized spacial score (nSPS) is 11.9. The van der Waals surface area contributed by atoms with Crippen molar-refractivity contribution >= 4 is 34.0 Å². The van der Waals surface area contributed by atoms with E-state index in [1.807, 2.05) is 19.9 Å². The van der Waals surface area contributed by atoms with Gasteiger partial charge in [0.25, 0.3) is 0 Å². The average molecular weight is 301 g/mol. The topological polar surface area (TPSA) is 35.0 Å². The van der Waals surface area contributed by atoms with Gasteiger partial charge >= 0.3 is 0 Å². The van der Waals surface area contributed by atoms with Crippen LogP contribution in [-0.2, 0) is 4.74 Å². The van der Waals surface area contributed by atoms with Crippen LogP contribution in [0.25, 0.3) is 10.8 Å². The maximum Gasteiger partial charge on any atom is 0.138 e. The Kier molecular flexibility index (Phi) is 6.49. The minimum absolute atomic E-state index is 0.228. The zero-order valence-electron chi connectivity index (χ0n) is 11.6. The van der Waals surface area contributed by atoms with Crippen LogP contribution < -0.4 is 0 Å². The molecule has 104 valence electrons. The number of hydrogen-bond acceptors (Lipinski definition) is 3. The van der Waals surface area contributed by atoms with E-state index >= 15 is 0 Å². The van der Waals surface area contributed by atoms with Crippen LogP contribution in [0.5, 0.6) is 0 Å². The molecule has 0 saturated heterocycles. The molecular formula is C14H18Cl2N2O.